The summed E-state index contributed by atoms with van der Waals surface area (Å²) in [5.41, 5.74) is 23.7. The van der Waals surface area contributed by atoms with Crippen LogP contribution in [0.5, 0.6) is 0 Å². The summed E-state index contributed by atoms with van der Waals surface area (Å²) in [6.07, 6.45) is 2.54. The third-order valence-corrected chi connectivity index (χ3v) is 9.31. The maximum atomic E-state index is 14.0. The second kappa shape index (κ2) is 20.6. The lowest BCUT2D eigenvalue weighted by atomic mass is 10.0. The third kappa shape index (κ3) is 12.5. The highest BCUT2D eigenvalue weighted by molar-refractivity contribution is 6.18. The van der Waals surface area contributed by atoms with Gasteiger partial charge in [-0.3, -0.25) is 53.9 Å². The van der Waals surface area contributed by atoms with Crippen LogP contribution in [0, 0.1) is 0 Å². The number of guanidine groups is 2. The van der Waals surface area contributed by atoms with Crippen molar-refractivity contribution in [1.82, 2.24) is 26.2 Å². The molecule has 0 radical (unpaired) electrons. The van der Waals surface area contributed by atoms with E-state index in [0.29, 0.717) is 74.4 Å². The largest absolute Gasteiger partial charge is 0.370 e. The lowest BCUT2D eigenvalue weighted by Gasteiger charge is -2.35. The van der Waals surface area contributed by atoms with Gasteiger partial charge in [0.1, 0.15) is 12.1 Å². The Balaban J connectivity index is 1.37. The maximum absolute atomic E-state index is 14.0. The van der Waals surface area contributed by atoms with Crippen molar-refractivity contribution in [2.24, 2.45) is 32.9 Å². The van der Waals surface area contributed by atoms with E-state index < -0.39 is 41.8 Å². The zero-order valence-corrected chi connectivity index (χ0v) is 31.8. The van der Waals surface area contributed by atoms with Crippen molar-refractivity contribution in [3.05, 3.63) is 54.1 Å². The van der Waals surface area contributed by atoms with Crippen molar-refractivity contribution < 1.29 is 28.8 Å². The molecule has 2 aliphatic heterocycles. The summed E-state index contributed by atoms with van der Waals surface area (Å²) in [4.78, 5) is 89.5. The second-order valence-corrected chi connectivity index (χ2v) is 13.7. The Morgan fingerprint density at radius 3 is 2.02 bits per heavy atom. The predicted molar refractivity (Wildman–Crippen MR) is 213 cm³/mol. The molecule has 2 heterocycles. The number of nitrogens with one attached hydrogen (secondary N) is 5. The average molecular weight is 776 g/mol. The number of fused-ring (bicyclic) bond motifs is 2. The summed E-state index contributed by atoms with van der Waals surface area (Å²) in [5, 5.41) is 13.9. The number of aliphatic imine (C=N–C) groups is 2. The molecule has 2 aliphatic rings. The first-order chi connectivity index (χ1) is 26.7. The summed E-state index contributed by atoms with van der Waals surface area (Å²) < 4.78 is 0. The van der Waals surface area contributed by atoms with Gasteiger partial charge in [-0.2, -0.15) is 0 Å². The number of benzene rings is 2. The predicted octanol–water partition coefficient (Wildman–Crippen LogP) is -0.901. The minimum absolute atomic E-state index is 0.0668. The fourth-order valence-electron chi connectivity index (χ4n) is 6.53. The Bertz CT molecular complexity index is 1800. The summed E-state index contributed by atoms with van der Waals surface area (Å²) in [6.45, 7) is 4.40. The smallest absolute Gasteiger partial charge is 0.257 e. The third-order valence-electron chi connectivity index (χ3n) is 9.31. The Labute approximate surface area is 325 Å². The number of nitrogens with zero attached hydrogens (tertiary/aromatic N) is 4. The quantitative estimate of drug-likeness (QED) is 0.0537. The van der Waals surface area contributed by atoms with E-state index in [1.165, 1.54) is 13.8 Å². The molecule has 0 saturated carbocycles. The van der Waals surface area contributed by atoms with Gasteiger partial charge in [-0.15, -0.1) is 0 Å². The minimum Gasteiger partial charge on any atom is -0.370 e. The van der Waals surface area contributed by atoms with Gasteiger partial charge in [-0.1, -0.05) is 24.3 Å². The highest BCUT2D eigenvalue weighted by Crippen LogP contribution is 2.37. The molecule has 0 aliphatic carbocycles. The van der Waals surface area contributed by atoms with Crippen molar-refractivity contribution in [1.29, 1.82) is 0 Å². The molecule has 0 spiro atoms. The molecule has 6 amide bonds. The normalized spacial score (nSPS) is 15.7. The van der Waals surface area contributed by atoms with Crippen molar-refractivity contribution in [2.75, 3.05) is 42.9 Å². The van der Waals surface area contributed by atoms with Crippen LogP contribution >= 0.6 is 0 Å². The van der Waals surface area contributed by atoms with Crippen LogP contribution in [0.15, 0.2) is 58.5 Å². The van der Waals surface area contributed by atoms with Crippen LogP contribution in [0.25, 0.3) is 0 Å². The zero-order chi connectivity index (χ0) is 40.8. The van der Waals surface area contributed by atoms with E-state index in [4.69, 9.17) is 22.9 Å². The number of rotatable bonds is 17. The van der Waals surface area contributed by atoms with Crippen molar-refractivity contribution >= 4 is 64.4 Å². The van der Waals surface area contributed by atoms with E-state index >= 15 is 0 Å². The van der Waals surface area contributed by atoms with E-state index in [1.54, 1.807) is 47.4 Å². The highest BCUT2D eigenvalue weighted by atomic mass is 16.2. The molecule has 19 heteroatoms. The molecule has 2 aromatic rings. The number of imide groups is 1. The van der Waals surface area contributed by atoms with Crippen LogP contribution in [-0.4, -0.2) is 109 Å². The van der Waals surface area contributed by atoms with E-state index in [9.17, 15) is 28.8 Å². The minimum atomic E-state index is -1.08. The number of nitrogens with two attached hydrogens (primary N) is 4. The molecule has 302 valence electrons. The first kappa shape index (κ1) is 42.7. The molecule has 0 unspecified atom stereocenters. The van der Waals surface area contributed by atoms with Gasteiger partial charge >= 0.3 is 0 Å². The average Bonchev–Trinajstić information content (AvgIpc) is 3.27. The van der Waals surface area contributed by atoms with Gasteiger partial charge in [0.05, 0.1) is 35.2 Å². The number of carbonyl (C=O) groups excluding carboxylic acids is 6. The first-order valence-electron chi connectivity index (χ1n) is 18.6. The summed E-state index contributed by atoms with van der Waals surface area (Å²) in [5.74, 6) is -3.01. The maximum Gasteiger partial charge on any atom is 0.257 e. The number of amides is 6. The van der Waals surface area contributed by atoms with Crippen LogP contribution in [0.3, 0.4) is 0 Å². The van der Waals surface area contributed by atoms with Gasteiger partial charge < -0.3 is 44.2 Å². The summed E-state index contributed by atoms with van der Waals surface area (Å²) in [7, 11) is 0. The van der Waals surface area contributed by atoms with E-state index in [-0.39, 0.29) is 49.3 Å². The highest BCUT2D eigenvalue weighted by Gasteiger charge is 2.32. The lowest BCUT2D eigenvalue weighted by Crippen LogP contribution is -2.57. The van der Waals surface area contributed by atoms with Gasteiger partial charge in [-0.25, -0.2) is 0 Å². The molecular weight excluding hydrogens is 722 g/mol. The summed E-state index contributed by atoms with van der Waals surface area (Å²) in [6, 6.07) is 11.3. The molecule has 56 heavy (non-hydrogen) atoms. The molecule has 4 rings (SSSR count). The van der Waals surface area contributed by atoms with Crippen LogP contribution in [0.1, 0.15) is 62.7 Å². The SMILES string of the molecule is CC(=O)NC(=O)[C@H](CCCN=C(N)N)NC(=O)[C@H](C)NC(=O)[C@H](CCCN=C(N)N)NC1CCN(CC(=O)N2c3ccccc3NC(=O)c3ccccc32)CC1. The molecule has 13 N–H and O–H groups in total. The second-order valence-electron chi connectivity index (χ2n) is 13.7. The molecule has 1 fully saturated rings. The van der Waals surface area contributed by atoms with Crippen LogP contribution in [-0.2, 0) is 24.0 Å². The van der Waals surface area contributed by atoms with Crippen LogP contribution in [0.2, 0.25) is 0 Å². The monoisotopic (exact) mass is 775 g/mol. The fourth-order valence-corrected chi connectivity index (χ4v) is 6.53. The molecule has 3 atom stereocenters. The van der Waals surface area contributed by atoms with Crippen molar-refractivity contribution in [2.45, 2.75) is 76.5 Å². The van der Waals surface area contributed by atoms with Gasteiger partial charge in [0, 0.05) is 39.1 Å². The Kier molecular flexibility index (Phi) is 15.7. The molecule has 19 nitrogen and oxygen atoms in total. The Morgan fingerprint density at radius 1 is 0.804 bits per heavy atom. The molecule has 0 aromatic heterocycles. The van der Waals surface area contributed by atoms with Crippen LogP contribution in [0.4, 0.5) is 17.1 Å². The van der Waals surface area contributed by atoms with Gasteiger partial charge in [0.15, 0.2) is 11.9 Å². The molecule has 2 aromatic carbocycles. The Hall–Kier alpha value is -6.08. The van der Waals surface area contributed by atoms with Gasteiger partial charge in [-0.05, 0) is 69.7 Å². The zero-order valence-electron chi connectivity index (χ0n) is 31.8. The number of carbonyl (C=O) groups is 6. The van der Waals surface area contributed by atoms with Gasteiger partial charge in [0.25, 0.3) is 5.91 Å². The standard InChI is InChI=1S/C37H53N13O6/c1-22(32(53)48-28(35(56)45-23(2)51)12-8-18-43-37(40)41)44-34(55)27(11-7-17-42-36(38)39)46-24-15-19-49(20-16-24)21-31(52)50-29-13-5-3-9-25(29)33(54)47-26-10-4-6-14-30(26)50/h3-6,9-10,13-14,22,24,27-28,46H,7-8,11-12,15-21H2,1-2H3,(H,44,55)(H,47,54)(H,48,53)(H4,38,39,42)(H4,40,41,43)(H,45,51,56)/t22-,27-,28-/m0/s1. The Morgan fingerprint density at radius 2 is 1.39 bits per heavy atom. The number of likely N-dealkylation sites (tertiary alicyclic amines) is 1. The number of hydrogen-bond donors (Lipinski definition) is 9. The van der Waals surface area contributed by atoms with E-state index in [2.05, 4.69) is 36.6 Å². The van der Waals surface area contributed by atoms with E-state index in [0.717, 1.165) is 0 Å². The van der Waals surface area contributed by atoms with Crippen LogP contribution < -0.4 is 54.4 Å². The lowest BCUT2D eigenvalue weighted by molar-refractivity contribution is -0.134. The summed E-state index contributed by atoms with van der Waals surface area (Å²) >= 11 is 0. The molecule has 0 bridgehead atoms. The number of hydrogen-bond acceptors (Lipinski definition) is 10. The molecular formula is C37H53N13O6. The van der Waals surface area contributed by atoms with Gasteiger partial charge in [0.2, 0.25) is 29.5 Å². The molecule has 1 saturated heterocycles. The number of para-hydroxylation sites is 3. The number of anilines is 3. The van der Waals surface area contributed by atoms with Crippen molar-refractivity contribution in [3.8, 4) is 0 Å². The fraction of sp³-hybridized carbons (Fsp3) is 0.459. The van der Waals surface area contributed by atoms with E-state index in [1.807, 2.05) is 11.0 Å². The number of piperidine rings is 1. The first-order valence-corrected chi connectivity index (χ1v) is 18.6. The van der Waals surface area contributed by atoms with Crippen molar-refractivity contribution in [3.63, 3.8) is 0 Å². The topological polar surface area (TPSA) is 298 Å².